The lowest BCUT2D eigenvalue weighted by Crippen LogP contribution is -2.03. The van der Waals surface area contributed by atoms with E-state index in [4.69, 9.17) is 5.73 Å². The average molecular weight is 176 g/mol. The number of rotatable bonds is 1. The highest BCUT2D eigenvalue weighted by atomic mass is 15.3. The van der Waals surface area contributed by atoms with Gasteiger partial charge in [-0.2, -0.15) is 5.10 Å². The van der Waals surface area contributed by atoms with E-state index in [1.165, 1.54) is 0 Å². The van der Waals surface area contributed by atoms with Gasteiger partial charge in [0.1, 0.15) is 0 Å². The molecule has 0 aliphatic carbocycles. The number of aromatic nitrogens is 3. The molecule has 13 heavy (non-hydrogen) atoms. The summed E-state index contributed by atoms with van der Waals surface area (Å²) in [5.74, 6) is 0.461. The summed E-state index contributed by atoms with van der Waals surface area (Å²) >= 11 is 0. The van der Waals surface area contributed by atoms with Crippen LogP contribution >= 0.6 is 0 Å². The van der Waals surface area contributed by atoms with E-state index in [1.807, 2.05) is 19.1 Å². The van der Waals surface area contributed by atoms with Gasteiger partial charge >= 0.3 is 0 Å². The Hall–Kier alpha value is -1.58. The maximum absolute atomic E-state index is 5.74. The van der Waals surface area contributed by atoms with Crippen molar-refractivity contribution in [1.29, 1.82) is 0 Å². The standard InChI is InChI=1S/C9H12N4/c1-3-7-5-8-4-6(2)12-13(8)9(10)11-7/h4-5H,3H2,1-2H3,(H2,10,11). The molecule has 0 unspecified atom stereocenters. The number of aryl methyl sites for hydroxylation is 2. The zero-order valence-electron chi connectivity index (χ0n) is 7.78. The van der Waals surface area contributed by atoms with Gasteiger partial charge in [-0.15, -0.1) is 0 Å². The highest BCUT2D eigenvalue weighted by molar-refractivity contribution is 5.52. The van der Waals surface area contributed by atoms with Crippen molar-refractivity contribution in [2.45, 2.75) is 20.3 Å². The molecule has 4 nitrogen and oxygen atoms in total. The lowest BCUT2D eigenvalue weighted by atomic mass is 10.3. The summed E-state index contributed by atoms with van der Waals surface area (Å²) < 4.78 is 1.66. The van der Waals surface area contributed by atoms with Crippen LogP contribution in [-0.4, -0.2) is 14.6 Å². The first-order chi connectivity index (χ1) is 6.20. The first kappa shape index (κ1) is 8.04. The van der Waals surface area contributed by atoms with E-state index >= 15 is 0 Å². The zero-order chi connectivity index (χ0) is 9.42. The topological polar surface area (TPSA) is 56.2 Å². The van der Waals surface area contributed by atoms with E-state index in [1.54, 1.807) is 4.52 Å². The fraction of sp³-hybridized carbons (Fsp3) is 0.333. The summed E-state index contributed by atoms with van der Waals surface area (Å²) in [6.07, 6.45) is 0.894. The minimum absolute atomic E-state index is 0.461. The first-order valence-corrected chi connectivity index (χ1v) is 4.32. The minimum Gasteiger partial charge on any atom is -0.368 e. The van der Waals surface area contributed by atoms with Crippen LogP contribution in [0.15, 0.2) is 12.1 Å². The molecule has 0 radical (unpaired) electrons. The molecule has 2 rings (SSSR count). The summed E-state index contributed by atoms with van der Waals surface area (Å²) in [4.78, 5) is 4.21. The number of anilines is 1. The smallest absolute Gasteiger partial charge is 0.221 e. The molecule has 68 valence electrons. The van der Waals surface area contributed by atoms with Crippen LogP contribution in [0, 0.1) is 6.92 Å². The maximum atomic E-state index is 5.74. The average Bonchev–Trinajstić information content (AvgIpc) is 2.46. The highest BCUT2D eigenvalue weighted by Crippen LogP contribution is 2.11. The molecule has 0 atom stereocenters. The van der Waals surface area contributed by atoms with Crippen molar-refractivity contribution in [3.63, 3.8) is 0 Å². The molecule has 0 saturated carbocycles. The number of hydrogen-bond donors (Lipinski definition) is 1. The van der Waals surface area contributed by atoms with E-state index < -0.39 is 0 Å². The quantitative estimate of drug-likeness (QED) is 0.709. The molecular weight excluding hydrogens is 164 g/mol. The molecule has 2 heterocycles. The third-order valence-corrected chi connectivity index (χ3v) is 2.01. The molecule has 0 amide bonds. The number of hydrogen-bond acceptors (Lipinski definition) is 3. The molecule has 2 N–H and O–H groups in total. The van der Waals surface area contributed by atoms with Crippen LogP contribution < -0.4 is 5.73 Å². The number of nitrogens with zero attached hydrogens (tertiary/aromatic N) is 3. The van der Waals surface area contributed by atoms with Crippen molar-refractivity contribution in [2.24, 2.45) is 0 Å². The first-order valence-electron chi connectivity index (χ1n) is 4.32. The second-order valence-electron chi connectivity index (χ2n) is 3.08. The Morgan fingerprint density at radius 3 is 2.92 bits per heavy atom. The highest BCUT2D eigenvalue weighted by Gasteiger charge is 2.03. The van der Waals surface area contributed by atoms with Crippen LogP contribution in [0.4, 0.5) is 5.95 Å². The largest absolute Gasteiger partial charge is 0.368 e. The Bertz CT molecular complexity index is 444. The van der Waals surface area contributed by atoms with Gasteiger partial charge in [0.25, 0.3) is 0 Å². The van der Waals surface area contributed by atoms with Crippen molar-refractivity contribution < 1.29 is 0 Å². The normalized spacial score (nSPS) is 10.9. The summed E-state index contributed by atoms with van der Waals surface area (Å²) in [5, 5.41) is 4.22. The van der Waals surface area contributed by atoms with Crippen LogP contribution in [0.25, 0.3) is 5.52 Å². The van der Waals surface area contributed by atoms with Crippen molar-refractivity contribution in [3.05, 3.63) is 23.5 Å². The fourth-order valence-corrected chi connectivity index (χ4v) is 1.38. The third kappa shape index (κ3) is 1.24. The Morgan fingerprint density at radius 1 is 1.46 bits per heavy atom. The lowest BCUT2D eigenvalue weighted by molar-refractivity contribution is 0.893. The Kier molecular flexibility index (Phi) is 1.69. The Morgan fingerprint density at radius 2 is 2.23 bits per heavy atom. The SMILES string of the molecule is CCc1cc2cc(C)nn2c(N)n1. The molecule has 0 aliphatic rings. The van der Waals surface area contributed by atoms with Gasteiger partial charge in [0.15, 0.2) is 0 Å². The number of nitrogens with two attached hydrogens (primary N) is 1. The molecule has 4 heteroatoms. The van der Waals surface area contributed by atoms with E-state index in [0.717, 1.165) is 23.3 Å². The van der Waals surface area contributed by atoms with Crippen LogP contribution in [0.5, 0.6) is 0 Å². The zero-order valence-corrected chi connectivity index (χ0v) is 7.78. The van der Waals surface area contributed by atoms with Gasteiger partial charge in [-0.25, -0.2) is 9.50 Å². The van der Waals surface area contributed by atoms with Gasteiger partial charge in [-0.05, 0) is 25.5 Å². The van der Waals surface area contributed by atoms with Crippen molar-refractivity contribution in [2.75, 3.05) is 5.73 Å². The number of fused-ring (bicyclic) bond motifs is 1. The third-order valence-electron chi connectivity index (χ3n) is 2.01. The van der Waals surface area contributed by atoms with Gasteiger partial charge in [0, 0.05) is 5.69 Å². The summed E-state index contributed by atoms with van der Waals surface area (Å²) in [5.41, 5.74) is 8.72. The summed E-state index contributed by atoms with van der Waals surface area (Å²) in [6.45, 7) is 4.00. The molecule has 0 bridgehead atoms. The van der Waals surface area contributed by atoms with Crippen molar-refractivity contribution >= 4 is 11.5 Å². The van der Waals surface area contributed by atoms with Gasteiger partial charge in [0.05, 0.1) is 11.2 Å². The molecule has 2 aromatic rings. The monoisotopic (exact) mass is 176 g/mol. The molecular formula is C9H12N4. The van der Waals surface area contributed by atoms with E-state index in [2.05, 4.69) is 17.0 Å². The fourth-order valence-electron chi connectivity index (χ4n) is 1.38. The van der Waals surface area contributed by atoms with Gasteiger partial charge in [0.2, 0.25) is 5.95 Å². The van der Waals surface area contributed by atoms with Gasteiger partial charge < -0.3 is 5.73 Å². The predicted molar refractivity (Wildman–Crippen MR) is 51.5 cm³/mol. The second kappa shape index (κ2) is 2.73. The maximum Gasteiger partial charge on any atom is 0.221 e. The Labute approximate surface area is 76.4 Å². The van der Waals surface area contributed by atoms with E-state index in [9.17, 15) is 0 Å². The van der Waals surface area contributed by atoms with E-state index in [0.29, 0.717) is 5.95 Å². The van der Waals surface area contributed by atoms with Crippen LogP contribution in [0.3, 0.4) is 0 Å². The lowest BCUT2D eigenvalue weighted by Gasteiger charge is -2.00. The molecule has 0 fully saturated rings. The Balaban J connectivity index is 2.75. The predicted octanol–water partition coefficient (Wildman–Crippen LogP) is 1.18. The minimum atomic E-state index is 0.461. The van der Waals surface area contributed by atoms with Gasteiger partial charge in [-0.1, -0.05) is 6.92 Å². The van der Waals surface area contributed by atoms with Crippen LogP contribution in [0.2, 0.25) is 0 Å². The van der Waals surface area contributed by atoms with Crippen molar-refractivity contribution in [1.82, 2.24) is 14.6 Å². The van der Waals surface area contributed by atoms with E-state index in [-0.39, 0.29) is 0 Å². The van der Waals surface area contributed by atoms with Crippen molar-refractivity contribution in [3.8, 4) is 0 Å². The molecule has 0 saturated heterocycles. The summed E-state index contributed by atoms with van der Waals surface area (Å²) in [6, 6.07) is 4.01. The molecule has 0 aromatic carbocycles. The van der Waals surface area contributed by atoms with Crippen LogP contribution in [-0.2, 0) is 6.42 Å². The molecule has 0 aliphatic heterocycles. The van der Waals surface area contributed by atoms with Gasteiger partial charge in [-0.3, -0.25) is 0 Å². The van der Waals surface area contributed by atoms with Crippen LogP contribution in [0.1, 0.15) is 18.3 Å². The molecule has 2 aromatic heterocycles. The number of nitrogen functional groups attached to an aromatic ring is 1. The second-order valence-corrected chi connectivity index (χ2v) is 3.08. The molecule has 0 spiro atoms. The summed E-state index contributed by atoms with van der Waals surface area (Å²) in [7, 11) is 0.